The van der Waals surface area contributed by atoms with Crippen molar-refractivity contribution in [1.82, 2.24) is 4.57 Å². The zero-order valence-electron chi connectivity index (χ0n) is 21.5. The molecule has 38 heavy (non-hydrogen) atoms. The first-order chi connectivity index (χ1) is 18.2. The largest absolute Gasteiger partial charge is 0.491 e. The molecule has 0 saturated carbocycles. The van der Waals surface area contributed by atoms with Gasteiger partial charge in [0.2, 0.25) is 0 Å². The van der Waals surface area contributed by atoms with Crippen LogP contribution >= 0.6 is 22.9 Å². The zero-order chi connectivity index (χ0) is 27.4. The van der Waals surface area contributed by atoms with Gasteiger partial charge in [-0.05, 0) is 58.0 Å². The van der Waals surface area contributed by atoms with Crippen molar-refractivity contribution >= 4 is 35.0 Å². The monoisotopic (exact) mass is 550 g/mol. The summed E-state index contributed by atoms with van der Waals surface area (Å²) in [6.45, 7) is 7.56. The molecule has 1 aliphatic rings. The van der Waals surface area contributed by atoms with Crippen molar-refractivity contribution in [1.29, 1.82) is 0 Å². The molecule has 0 radical (unpaired) electrons. The minimum absolute atomic E-state index is 0.0679. The van der Waals surface area contributed by atoms with Crippen molar-refractivity contribution in [3.63, 3.8) is 0 Å². The lowest BCUT2D eigenvalue weighted by molar-refractivity contribution is -0.139. The SMILES string of the molecule is C#CCOc1ccc(Cl)cc1/C=c1\sc2n(c1=O)[C@H](c1ccccc1OC(C)C)C(C(=O)OCC)=C(C)N=2. The molecule has 0 fully saturated rings. The smallest absolute Gasteiger partial charge is 0.338 e. The van der Waals surface area contributed by atoms with Gasteiger partial charge in [0.05, 0.1) is 28.5 Å². The first kappa shape index (κ1) is 27.2. The molecule has 0 aliphatic carbocycles. The summed E-state index contributed by atoms with van der Waals surface area (Å²) in [7, 11) is 0. The molecule has 1 aromatic heterocycles. The first-order valence-electron chi connectivity index (χ1n) is 12.1. The van der Waals surface area contributed by atoms with Crippen LogP contribution < -0.4 is 24.4 Å². The van der Waals surface area contributed by atoms with Crippen LogP contribution in [0.4, 0.5) is 0 Å². The Bertz CT molecular complexity index is 1630. The number of fused-ring (bicyclic) bond motifs is 1. The molecule has 0 unspecified atom stereocenters. The Hall–Kier alpha value is -3.80. The highest BCUT2D eigenvalue weighted by Gasteiger charge is 2.35. The molecule has 3 aromatic rings. The summed E-state index contributed by atoms with van der Waals surface area (Å²) in [5, 5.41) is 0.482. The summed E-state index contributed by atoms with van der Waals surface area (Å²) in [4.78, 5) is 32.2. The van der Waals surface area contributed by atoms with Crippen molar-refractivity contribution in [2.75, 3.05) is 13.2 Å². The maximum atomic E-state index is 13.9. The summed E-state index contributed by atoms with van der Waals surface area (Å²) in [6.07, 6.45) is 6.93. The van der Waals surface area contributed by atoms with Gasteiger partial charge in [-0.3, -0.25) is 9.36 Å². The predicted octanol–water partition coefficient (Wildman–Crippen LogP) is 4.25. The highest BCUT2D eigenvalue weighted by molar-refractivity contribution is 7.07. The summed E-state index contributed by atoms with van der Waals surface area (Å²) in [6, 6.07) is 11.7. The number of thiazole rings is 1. The van der Waals surface area contributed by atoms with Crippen LogP contribution in [0.3, 0.4) is 0 Å². The van der Waals surface area contributed by atoms with Crippen LogP contribution in [0.25, 0.3) is 6.08 Å². The van der Waals surface area contributed by atoms with Crippen molar-refractivity contribution in [2.24, 2.45) is 4.99 Å². The second kappa shape index (κ2) is 11.7. The minimum atomic E-state index is -0.793. The summed E-state index contributed by atoms with van der Waals surface area (Å²) in [5.74, 6) is 2.96. The number of carbonyl (C=O) groups excluding carboxylic acids is 1. The van der Waals surface area contributed by atoms with Crippen molar-refractivity contribution in [2.45, 2.75) is 39.8 Å². The van der Waals surface area contributed by atoms with Crippen molar-refractivity contribution in [3.05, 3.63) is 89.6 Å². The number of esters is 1. The molecule has 1 aliphatic heterocycles. The second-order valence-corrected chi connectivity index (χ2v) is 10.1. The molecule has 0 N–H and O–H groups in total. The summed E-state index contributed by atoms with van der Waals surface area (Å²) < 4.78 is 19.0. The van der Waals surface area contributed by atoms with Crippen LogP contribution in [0, 0.1) is 12.3 Å². The van der Waals surface area contributed by atoms with E-state index in [-0.39, 0.29) is 30.5 Å². The summed E-state index contributed by atoms with van der Waals surface area (Å²) in [5.41, 5.74) is 1.69. The lowest BCUT2D eigenvalue weighted by Gasteiger charge is -2.26. The Balaban J connectivity index is 1.98. The number of halogens is 1. The van der Waals surface area contributed by atoms with E-state index in [1.54, 1.807) is 38.1 Å². The number of allylic oxidation sites excluding steroid dienone is 1. The number of hydrogen-bond donors (Lipinski definition) is 0. The Morgan fingerprint density at radius 2 is 2.03 bits per heavy atom. The van der Waals surface area contributed by atoms with Crippen molar-refractivity contribution < 1.29 is 19.0 Å². The third-order valence-corrected chi connectivity index (χ3v) is 6.88. The lowest BCUT2D eigenvalue weighted by atomic mass is 9.95. The molecule has 7 nitrogen and oxygen atoms in total. The molecule has 2 aromatic carbocycles. The standard InChI is InChI=1S/C29H27ClN2O5S/c1-6-14-36-22-13-12-20(30)15-19(22)16-24-27(33)32-26(21-10-8-9-11-23(21)37-17(3)4)25(28(34)35-7-2)18(5)31-29(32)38-24/h1,8-13,15-17,26H,7,14H2,2-5H3/b24-16-/t26-/m1/s1. The number of carbonyl (C=O) groups is 1. The second-order valence-electron chi connectivity index (χ2n) is 8.68. The number of benzene rings is 2. The number of nitrogens with zero attached hydrogens (tertiary/aromatic N) is 2. The molecule has 0 spiro atoms. The van der Waals surface area contributed by atoms with E-state index in [2.05, 4.69) is 10.9 Å². The van der Waals surface area contributed by atoms with E-state index in [9.17, 15) is 9.59 Å². The van der Waals surface area contributed by atoms with Crippen LogP contribution in [0.1, 0.15) is 44.9 Å². The molecule has 0 amide bonds. The molecule has 4 rings (SSSR count). The Labute approximate surface area is 229 Å². The third-order valence-electron chi connectivity index (χ3n) is 5.66. The van der Waals surface area contributed by atoms with Gasteiger partial charge in [-0.15, -0.1) is 6.42 Å². The minimum Gasteiger partial charge on any atom is -0.491 e. The average molecular weight is 551 g/mol. The number of hydrogen-bond acceptors (Lipinski definition) is 7. The van der Waals surface area contributed by atoms with E-state index in [1.807, 2.05) is 38.1 Å². The van der Waals surface area contributed by atoms with Gasteiger partial charge in [-0.1, -0.05) is 47.1 Å². The topological polar surface area (TPSA) is 79.1 Å². The van der Waals surface area contributed by atoms with E-state index in [0.29, 0.717) is 42.7 Å². The van der Waals surface area contributed by atoms with Gasteiger partial charge in [-0.2, -0.15) is 0 Å². The summed E-state index contributed by atoms with van der Waals surface area (Å²) >= 11 is 7.44. The van der Waals surface area contributed by atoms with E-state index >= 15 is 0 Å². The zero-order valence-corrected chi connectivity index (χ0v) is 23.1. The normalized spacial score (nSPS) is 15.1. The number of para-hydroxylation sites is 1. The van der Waals surface area contributed by atoms with Crippen LogP contribution in [0.15, 0.2) is 63.5 Å². The lowest BCUT2D eigenvalue weighted by Crippen LogP contribution is -2.40. The molecular formula is C29H27ClN2O5S. The first-order valence-corrected chi connectivity index (χ1v) is 13.3. The van der Waals surface area contributed by atoms with Crippen LogP contribution in [0.2, 0.25) is 5.02 Å². The highest BCUT2D eigenvalue weighted by atomic mass is 35.5. The van der Waals surface area contributed by atoms with Crippen LogP contribution in [-0.4, -0.2) is 29.9 Å². The quantitative estimate of drug-likeness (QED) is 0.309. The molecule has 2 heterocycles. The number of ether oxygens (including phenoxy) is 3. The van der Waals surface area contributed by atoms with Gasteiger partial charge >= 0.3 is 5.97 Å². The molecule has 0 bridgehead atoms. The molecule has 0 saturated heterocycles. The number of aromatic nitrogens is 1. The predicted molar refractivity (Wildman–Crippen MR) is 148 cm³/mol. The van der Waals surface area contributed by atoms with Gasteiger partial charge in [0.1, 0.15) is 24.1 Å². The Kier molecular flexibility index (Phi) is 8.40. The fraction of sp³-hybridized carbons (Fsp3) is 0.276. The van der Waals surface area contributed by atoms with Gasteiger partial charge in [0, 0.05) is 16.1 Å². The maximum Gasteiger partial charge on any atom is 0.338 e. The molecular weight excluding hydrogens is 524 g/mol. The Morgan fingerprint density at radius 1 is 1.26 bits per heavy atom. The fourth-order valence-electron chi connectivity index (χ4n) is 4.18. The van der Waals surface area contributed by atoms with E-state index in [4.69, 9.17) is 32.2 Å². The van der Waals surface area contributed by atoms with E-state index in [1.165, 1.54) is 15.9 Å². The van der Waals surface area contributed by atoms with Gasteiger partial charge < -0.3 is 14.2 Å². The molecule has 196 valence electrons. The van der Waals surface area contributed by atoms with Crippen LogP contribution in [-0.2, 0) is 9.53 Å². The third kappa shape index (κ3) is 5.54. The average Bonchev–Trinajstić information content (AvgIpc) is 3.17. The molecule has 9 heteroatoms. The number of rotatable bonds is 8. The maximum absolute atomic E-state index is 13.9. The molecule has 1 atom stereocenters. The van der Waals surface area contributed by atoms with Gasteiger partial charge in [0.15, 0.2) is 4.80 Å². The van der Waals surface area contributed by atoms with Gasteiger partial charge in [-0.25, -0.2) is 9.79 Å². The fourth-order valence-corrected chi connectivity index (χ4v) is 5.40. The highest BCUT2D eigenvalue weighted by Crippen LogP contribution is 2.36. The van der Waals surface area contributed by atoms with Crippen LogP contribution in [0.5, 0.6) is 11.5 Å². The van der Waals surface area contributed by atoms with Gasteiger partial charge in [0.25, 0.3) is 5.56 Å². The van der Waals surface area contributed by atoms with E-state index in [0.717, 1.165) is 0 Å². The van der Waals surface area contributed by atoms with E-state index < -0.39 is 12.0 Å². The number of terminal acetylenes is 1. The Morgan fingerprint density at radius 3 is 2.74 bits per heavy atom. The van der Waals surface area contributed by atoms with Crippen molar-refractivity contribution in [3.8, 4) is 23.8 Å².